The van der Waals surface area contributed by atoms with Crippen molar-refractivity contribution in [3.63, 3.8) is 0 Å². The Morgan fingerprint density at radius 3 is 2.52 bits per heavy atom. The molecule has 1 unspecified atom stereocenters. The first-order valence-corrected chi connectivity index (χ1v) is 10.7. The summed E-state index contributed by atoms with van der Waals surface area (Å²) >= 11 is 0. The lowest BCUT2D eigenvalue weighted by molar-refractivity contribution is -0.139. The van der Waals surface area contributed by atoms with Crippen LogP contribution in [-0.2, 0) is 14.3 Å². The minimum absolute atomic E-state index is 0.0292. The van der Waals surface area contributed by atoms with E-state index in [1.807, 2.05) is 13.8 Å². The summed E-state index contributed by atoms with van der Waals surface area (Å²) in [6.07, 6.45) is 9.95. The quantitative estimate of drug-likeness (QED) is 0.686. The van der Waals surface area contributed by atoms with Crippen LogP contribution in [0.1, 0.15) is 85.5 Å². The van der Waals surface area contributed by atoms with Crippen molar-refractivity contribution in [1.29, 1.82) is 0 Å². The van der Waals surface area contributed by atoms with Gasteiger partial charge in [0.05, 0.1) is 12.2 Å². The Bertz CT molecular complexity index is 665. The van der Waals surface area contributed by atoms with Gasteiger partial charge in [-0.05, 0) is 44.4 Å². The standard InChI is InChI=1S/C23H35NO3/c1-5-27-22(26)20-15(2)24-18-13-23(3,4)14-19(25)21(18)17(20)12-11-16-9-7-6-8-10-16/h16-17,24H,5-14H2,1-4H3. The lowest BCUT2D eigenvalue weighted by Gasteiger charge is -2.39. The molecule has 2 aliphatic carbocycles. The Labute approximate surface area is 163 Å². The Balaban J connectivity index is 1.89. The summed E-state index contributed by atoms with van der Waals surface area (Å²) in [5, 5.41) is 3.40. The van der Waals surface area contributed by atoms with Gasteiger partial charge in [-0.3, -0.25) is 4.79 Å². The third-order valence-electron chi connectivity index (χ3n) is 6.44. The van der Waals surface area contributed by atoms with Crippen LogP contribution >= 0.6 is 0 Å². The topological polar surface area (TPSA) is 55.4 Å². The molecule has 3 rings (SSSR count). The monoisotopic (exact) mass is 373 g/mol. The van der Waals surface area contributed by atoms with Gasteiger partial charge in [0.15, 0.2) is 5.78 Å². The summed E-state index contributed by atoms with van der Waals surface area (Å²) in [5.41, 5.74) is 3.42. The van der Waals surface area contributed by atoms with Crippen LogP contribution in [0.2, 0.25) is 0 Å². The summed E-state index contributed by atoms with van der Waals surface area (Å²) in [7, 11) is 0. The molecule has 4 nitrogen and oxygen atoms in total. The zero-order valence-corrected chi connectivity index (χ0v) is 17.5. The normalized spacial score (nSPS) is 25.9. The summed E-state index contributed by atoms with van der Waals surface area (Å²) in [6, 6.07) is 0. The molecule has 0 aromatic rings. The van der Waals surface area contributed by atoms with Crippen molar-refractivity contribution in [2.45, 2.75) is 85.5 Å². The molecule has 1 saturated carbocycles. The number of nitrogens with one attached hydrogen (secondary N) is 1. The zero-order chi connectivity index (χ0) is 19.6. The van der Waals surface area contributed by atoms with E-state index in [1.54, 1.807) is 0 Å². The maximum atomic E-state index is 13.1. The molecule has 150 valence electrons. The molecule has 0 bridgehead atoms. The molecule has 0 saturated heterocycles. The van der Waals surface area contributed by atoms with Crippen LogP contribution in [0.25, 0.3) is 0 Å². The fourth-order valence-electron chi connectivity index (χ4n) is 5.22. The molecular formula is C23H35NO3. The van der Waals surface area contributed by atoms with E-state index in [2.05, 4.69) is 19.2 Å². The van der Waals surface area contributed by atoms with Crippen LogP contribution in [0.3, 0.4) is 0 Å². The smallest absolute Gasteiger partial charge is 0.336 e. The van der Waals surface area contributed by atoms with Gasteiger partial charge in [-0.2, -0.15) is 0 Å². The van der Waals surface area contributed by atoms with Gasteiger partial charge in [-0.15, -0.1) is 0 Å². The number of allylic oxidation sites excluding steroid dienone is 3. The van der Waals surface area contributed by atoms with Crippen molar-refractivity contribution >= 4 is 11.8 Å². The molecule has 0 radical (unpaired) electrons. The summed E-state index contributed by atoms with van der Waals surface area (Å²) in [4.78, 5) is 25.8. The van der Waals surface area contributed by atoms with E-state index < -0.39 is 0 Å². The molecule has 0 amide bonds. The number of esters is 1. The second kappa shape index (κ2) is 8.20. The first kappa shape index (κ1) is 20.2. The second-order valence-corrected chi connectivity index (χ2v) is 9.35. The number of Topliss-reactive ketones (excluding diaryl/α,β-unsaturated/α-hetero) is 1. The lowest BCUT2D eigenvalue weighted by atomic mass is 9.68. The molecule has 1 atom stereocenters. The first-order valence-electron chi connectivity index (χ1n) is 10.7. The Hall–Kier alpha value is -1.58. The minimum Gasteiger partial charge on any atom is -0.463 e. The van der Waals surface area contributed by atoms with Gasteiger partial charge in [0, 0.05) is 29.3 Å². The van der Waals surface area contributed by atoms with Crippen molar-refractivity contribution in [2.75, 3.05) is 6.61 Å². The van der Waals surface area contributed by atoms with E-state index in [-0.39, 0.29) is 23.1 Å². The van der Waals surface area contributed by atoms with Crippen LogP contribution < -0.4 is 5.32 Å². The van der Waals surface area contributed by atoms with Gasteiger partial charge in [-0.1, -0.05) is 46.0 Å². The van der Waals surface area contributed by atoms with Crippen LogP contribution in [0.4, 0.5) is 0 Å². The molecule has 0 aromatic carbocycles. The molecule has 27 heavy (non-hydrogen) atoms. The lowest BCUT2D eigenvalue weighted by Crippen LogP contribution is -2.39. The van der Waals surface area contributed by atoms with Gasteiger partial charge in [0.2, 0.25) is 0 Å². The molecule has 0 spiro atoms. The average molecular weight is 374 g/mol. The molecular weight excluding hydrogens is 338 g/mol. The SMILES string of the molecule is CCOC(=O)C1=C(C)NC2=C(C(=O)CC(C)(C)C2)C1CCC1CCCCC1. The fourth-order valence-corrected chi connectivity index (χ4v) is 5.22. The van der Waals surface area contributed by atoms with E-state index >= 15 is 0 Å². The zero-order valence-electron chi connectivity index (χ0n) is 17.5. The molecule has 1 fully saturated rings. The molecule has 1 aliphatic heterocycles. The number of dihydropyridines is 1. The van der Waals surface area contributed by atoms with E-state index in [4.69, 9.17) is 4.74 Å². The molecule has 1 N–H and O–H groups in total. The third-order valence-corrected chi connectivity index (χ3v) is 6.44. The Kier molecular flexibility index (Phi) is 6.12. The number of hydrogen-bond donors (Lipinski definition) is 1. The van der Waals surface area contributed by atoms with E-state index in [9.17, 15) is 9.59 Å². The first-order chi connectivity index (χ1) is 12.8. The van der Waals surface area contributed by atoms with Crippen molar-refractivity contribution in [3.8, 4) is 0 Å². The maximum absolute atomic E-state index is 13.1. The van der Waals surface area contributed by atoms with Crippen LogP contribution in [0.15, 0.2) is 22.5 Å². The van der Waals surface area contributed by atoms with Crippen molar-refractivity contribution < 1.29 is 14.3 Å². The largest absolute Gasteiger partial charge is 0.463 e. The number of rotatable bonds is 5. The Morgan fingerprint density at radius 1 is 1.15 bits per heavy atom. The van der Waals surface area contributed by atoms with Gasteiger partial charge < -0.3 is 10.1 Å². The van der Waals surface area contributed by atoms with E-state index in [0.29, 0.717) is 18.6 Å². The van der Waals surface area contributed by atoms with Gasteiger partial charge in [0.25, 0.3) is 0 Å². The van der Waals surface area contributed by atoms with Crippen LogP contribution in [0, 0.1) is 17.3 Å². The van der Waals surface area contributed by atoms with Crippen molar-refractivity contribution in [3.05, 3.63) is 22.5 Å². The summed E-state index contributed by atoms with van der Waals surface area (Å²) in [6.45, 7) is 8.44. The number of carbonyl (C=O) groups is 2. The second-order valence-electron chi connectivity index (χ2n) is 9.35. The van der Waals surface area contributed by atoms with Gasteiger partial charge >= 0.3 is 5.97 Å². The molecule has 4 heteroatoms. The average Bonchev–Trinajstić information content (AvgIpc) is 2.59. The molecule has 0 aromatic heterocycles. The van der Waals surface area contributed by atoms with E-state index in [0.717, 1.165) is 42.1 Å². The number of ether oxygens (including phenoxy) is 1. The predicted octanol–water partition coefficient (Wildman–Crippen LogP) is 5.05. The van der Waals surface area contributed by atoms with Crippen molar-refractivity contribution in [1.82, 2.24) is 5.32 Å². The highest BCUT2D eigenvalue weighted by molar-refractivity contribution is 6.02. The number of carbonyl (C=O) groups excluding carboxylic acids is 2. The number of ketones is 1. The highest BCUT2D eigenvalue weighted by Crippen LogP contribution is 2.45. The minimum atomic E-state index is -0.264. The highest BCUT2D eigenvalue weighted by atomic mass is 16.5. The van der Waals surface area contributed by atoms with Crippen LogP contribution in [0.5, 0.6) is 0 Å². The fraction of sp³-hybridized carbons (Fsp3) is 0.739. The third kappa shape index (κ3) is 4.47. The molecule has 1 heterocycles. The summed E-state index contributed by atoms with van der Waals surface area (Å²) < 4.78 is 5.36. The predicted molar refractivity (Wildman–Crippen MR) is 107 cm³/mol. The van der Waals surface area contributed by atoms with Gasteiger partial charge in [-0.25, -0.2) is 4.79 Å². The highest BCUT2D eigenvalue weighted by Gasteiger charge is 2.42. The van der Waals surface area contributed by atoms with E-state index in [1.165, 1.54) is 32.1 Å². The number of hydrogen-bond acceptors (Lipinski definition) is 4. The summed E-state index contributed by atoms with van der Waals surface area (Å²) in [5.74, 6) is 0.569. The molecule has 3 aliphatic rings. The maximum Gasteiger partial charge on any atom is 0.336 e. The van der Waals surface area contributed by atoms with Gasteiger partial charge in [0.1, 0.15) is 0 Å². The Morgan fingerprint density at radius 2 is 1.85 bits per heavy atom. The van der Waals surface area contributed by atoms with Crippen LogP contribution in [-0.4, -0.2) is 18.4 Å². The van der Waals surface area contributed by atoms with Crippen molar-refractivity contribution in [2.24, 2.45) is 17.3 Å².